The van der Waals surface area contributed by atoms with Crippen LogP contribution in [0.5, 0.6) is 0 Å². The predicted molar refractivity (Wildman–Crippen MR) is 108 cm³/mol. The standard InChI is InChI=1S/C23H30N2O/c1-5-18-8-6-9-19(16-18)20-10-7-11-21(17-20)22(26)24-12-14-25(15-13-24)23(2,3)4/h6-11,16-17H,5,12-15H2,1-4H3. The van der Waals surface area contributed by atoms with E-state index in [-0.39, 0.29) is 11.4 Å². The van der Waals surface area contributed by atoms with Gasteiger partial charge >= 0.3 is 0 Å². The first-order valence-electron chi connectivity index (χ1n) is 9.62. The highest BCUT2D eigenvalue weighted by Crippen LogP contribution is 2.23. The third kappa shape index (κ3) is 4.16. The monoisotopic (exact) mass is 350 g/mol. The topological polar surface area (TPSA) is 23.6 Å². The van der Waals surface area contributed by atoms with Gasteiger partial charge in [-0.3, -0.25) is 9.69 Å². The third-order valence-corrected chi connectivity index (χ3v) is 5.29. The number of aryl methyl sites for hydroxylation is 1. The normalized spacial score (nSPS) is 15.9. The van der Waals surface area contributed by atoms with Crippen LogP contribution in [0.25, 0.3) is 11.1 Å². The second-order valence-electron chi connectivity index (χ2n) is 8.08. The Morgan fingerprint density at radius 1 is 0.923 bits per heavy atom. The first-order chi connectivity index (χ1) is 12.4. The second kappa shape index (κ2) is 7.63. The summed E-state index contributed by atoms with van der Waals surface area (Å²) < 4.78 is 0. The molecule has 2 aromatic carbocycles. The van der Waals surface area contributed by atoms with Gasteiger partial charge < -0.3 is 4.90 Å². The molecule has 3 rings (SSSR count). The molecule has 0 radical (unpaired) electrons. The van der Waals surface area contributed by atoms with Gasteiger partial charge in [-0.05, 0) is 56.0 Å². The Balaban J connectivity index is 1.75. The molecule has 0 N–H and O–H groups in total. The van der Waals surface area contributed by atoms with Crippen LogP contribution in [0.2, 0.25) is 0 Å². The molecule has 0 unspecified atom stereocenters. The zero-order valence-electron chi connectivity index (χ0n) is 16.5. The fourth-order valence-corrected chi connectivity index (χ4v) is 3.57. The van der Waals surface area contributed by atoms with Crippen molar-refractivity contribution in [3.8, 4) is 11.1 Å². The minimum Gasteiger partial charge on any atom is -0.336 e. The van der Waals surface area contributed by atoms with Gasteiger partial charge in [0.15, 0.2) is 0 Å². The summed E-state index contributed by atoms with van der Waals surface area (Å²) in [5, 5.41) is 0. The highest BCUT2D eigenvalue weighted by atomic mass is 16.2. The Morgan fingerprint density at radius 3 is 2.15 bits per heavy atom. The van der Waals surface area contributed by atoms with Crippen LogP contribution in [0.1, 0.15) is 43.6 Å². The number of amides is 1. The van der Waals surface area contributed by atoms with Crippen molar-refractivity contribution >= 4 is 5.91 Å². The molecule has 1 aliphatic rings. The fraction of sp³-hybridized carbons (Fsp3) is 0.435. The second-order valence-corrected chi connectivity index (χ2v) is 8.08. The number of piperazine rings is 1. The van der Waals surface area contributed by atoms with Gasteiger partial charge in [-0.1, -0.05) is 43.3 Å². The van der Waals surface area contributed by atoms with Gasteiger partial charge in [-0.2, -0.15) is 0 Å². The molecule has 0 aliphatic carbocycles. The lowest BCUT2D eigenvalue weighted by molar-refractivity contribution is 0.0451. The maximum atomic E-state index is 13.0. The number of rotatable bonds is 3. The lowest BCUT2D eigenvalue weighted by Gasteiger charge is -2.42. The Morgan fingerprint density at radius 2 is 1.54 bits per heavy atom. The average molecular weight is 351 g/mol. The molecular weight excluding hydrogens is 320 g/mol. The molecule has 0 saturated carbocycles. The van der Waals surface area contributed by atoms with Crippen molar-refractivity contribution in [3.05, 3.63) is 59.7 Å². The Bertz CT molecular complexity index is 768. The van der Waals surface area contributed by atoms with E-state index in [9.17, 15) is 4.79 Å². The zero-order valence-corrected chi connectivity index (χ0v) is 16.5. The summed E-state index contributed by atoms with van der Waals surface area (Å²) >= 11 is 0. The van der Waals surface area contributed by atoms with Crippen LogP contribution < -0.4 is 0 Å². The van der Waals surface area contributed by atoms with Gasteiger partial charge in [0.1, 0.15) is 0 Å². The van der Waals surface area contributed by atoms with Gasteiger partial charge in [0.05, 0.1) is 0 Å². The molecule has 0 aromatic heterocycles. The largest absolute Gasteiger partial charge is 0.336 e. The molecule has 1 amide bonds. The van der Waals surface area contributed by atoms with Crippen LogP contribution in [0.3, 0.4) is 0 Å². The highest BCUT2D eigenvalue weighted by molar-refractivity contribution is 5.95. The number of nitrogens with zero attached hydrogens (tertiary/aromatic N) is 2. The van der Waals surface area contributed by atoms with Crippen LogP contribution in [0, 0.1) is 0 Å². The lowest BCUT2D eigenvalue weighted by Crippen LogP contribution is -2.54. The van der Waals surface area contributed by atoms with Gasteiger partial charge in [0.2, 0.25) is 0 Å². The van der Waals surface area contributed by atoms with E-state index in [0.29, 0.717) is 0 Å². The van der Waals surface area contributed by atoms with Crippen LogP contribution in [0.15, 0.2) is 48.5 Å². The van der Waals surface area contributed by atoms with Crippen molar-refractivity contribution in [3.63, 3.8) is 0 Å². The van der Waals surface area contributed by atoms with E-state index in [1.54, 1.807) is 0 Å². The molecule has 2 aromatic rings. The van der Waals surface area contributed by atoms with E-state index in [1.807, 2.05) is 23.1 Å². The SMILES string of the molecule is CCc1cccc(-c2cccc(C(=O)N3CCN(C(C)(C)C)CC3)c2)c1. The van der Waals surface area contributed by atoms with Gasteiger partial charge in [-0.25, -0.2) is 0 Å². The summed E-state index contributed by atoms with van der Waals surface area (Å²) in [7, 11) is 0. The van der Waals surface area contributed by atoms with Gasteiger partial charge in [-0.15, -0.1) is 0 Å². The molecular formula is C23H30N2O. The van der Waals surface area contributed by atoms with E-state index in [0.717, 1.165) is 43.7 Å². The minimum absolute atomic E-state index is 0.145. The van der Waals surface area contributed by atoms with Crippen LogP contribution in [-0.4, -0.2) is 47.4 Å². The number of carbonyl (C=O) groups is 1. The van der Waals surface area contributed by atoms with Crippen molar-refractivity contribution in [2.45, 2.75) is 39.7 Å². The molecule has 0 bridgehead atoms. The van der Waals surface area contributed by atoms with E-state index >= 15 is 0 Å². The lowest BCUT2D eigenvalue weighted by atomic mass is 9.99. The smallest absolute Gasteiger partial charge is 0.253 e. The van der Waals surface area contributed by atoms with E-state index < -0.39 is 0 Å². The molecule has 3 heteroatoms. The molecule has 0 atom stereocenters. The fourth-order valence-electron chi connectivity index (χ4n) is 3.57. The van der Waals surface area contributed by atoms with Gasteiger partial charge in [0.25, 0.3) is 5.91 Å². The van der Waals surface area contributed by atoms with Crippen molar-refractivity contribution < 1.29 is 4.79 Å². The third-order valence-electron chi connectivity index (χ3n) is 5.29. The molecule has 1 heterocycles. The maximum Gasteiger partial charge on any atom is 0.253 e. The summed E-state index contributed by atoms with van der Waals surface area (Å²) in [6.07, 6.45) is 1.02. The molecule has 3 nitrogen and oxygen atoms in total. The predicted octanol–water partition coefficient (Wildman–Crippen LogP) is 4.47. The molecule has 1 fully saturated rings. The maximum absolute atomic E-state index is 13.0. The summed E-state index contributed by atoms with van der Waals surface area (Å²) in [4.78, 5) is 17.4. The molecule has 0 spiro atoms. The van der Waals surface area contributed by atoms with Crippen LogP contribution in [0.4, 0.5) is 0 Å². The summed E-state index contributed by atoms with van der Waals surface area (Å²) in [5.74, 6) is 0.145. The van der Waals surface area contributed by atoms with Crippen molar-refractivity contribution in [2.24, 2.45) is 0 Å². The van der Waals surface area contributed by atoms with Crippen LogP contribution >= 0.6 is 0 Å². The number of hydrogen-bond acceptors (Lipinski definition) is 2. The van der Waals surface area contributed by atoms with Crippen molar-refractivity contribution in [2.75, 3.05) is 26.2 Å². The first kappa shape index (κ1) is 18.7. The number of carbonyl (C=O) groups excluding carboxylic acids is 1. The van der Waals surface area contributed by atoms with Gasteiger partial charge in [0, 0.05) is 37.3 Å². The number of benzene rings is 2. The minimum atomic E-state index is 0.145. The Labute approximate surface area is 157 Å². The average Bonchev–Trinajstić information content (AvgIpc) is 2.67. The Hall–Kier alpha value is -2.13. The first-order valence-corrected chi connectivity index (χ1v) is 9.62. The van der Waals surface area contributed by atoms with Crippen molar-refractivity contribution in [1.82, 2.24) is 9.80 Å². The summed E-state index contributed by atoms with van der Waals surface area (Å²) in [6, 6.07) is 16.6. The molecule has 1 aliphatic heterocycles. The Kier molecular flexibility index (Phi) is 5.47. The number of hydrogen-bond donors (Lipinski definition) is 0. The van der Waals surface area contributed by atoms with E-state index in [2.05, 4.69) is 62.9 Å². The highest BCUT2D eigenvalue weighted by Gasteiger charge is 2.28. The van der Waals surface area contributed by atoms with Crippen molar-refractivity contribution in [1.29, 1.82) is 0 Å². The summed E-state index contributed by atoms with van der Waals surface area (Å²) in [5.41, 5.74) is 4.56. The molecule has 138 valence electrons. The molecule has 1 saturated heterocycles. The quantitative estimate of drug-likeness (QED) is 0.815. The summed E-state index contributed by atoms with van der Waals surface area (Å²) in [6.45, 7) is 12.3. The molecule has 26 heavy (non-hydrogen) atoms. The van der Waals surface area contributed by atoms with E-state index in [1.165, 1.54) is 11.1 Å². The van der Waals surface area contributed by atoms with Crippen LogP contribution in [-0.2, 0) is 6.42 Å². The zero-order chi connectivity index (χ0) is 18.7. The van der Waals surface area contributed by atoms with E-state index in [4.69, 9.17) is 0 Å².